The Labute approximate surface area is 77.7 Å². The van der Waals surface area contributed by atoms with Gasteiger partial charge in [0.1, 0.15) is 12.7 Å². The van der Waals surface area contributed by atoms with Crippen LogP contribution in [0, 0.1) is 0 Å². The summed E-state index contributed by atoms with van der Waals surface area (Å²) >= 11 is 0. The molecule has 0 saturated heterocycles. The van der Waals surface area contributed by atoms with E-state index in [9.17, 15) is 8.42 Å². The molecule has 5 nitrogen and oxygen atoms in total. The highest BCUT2D eigenvalue weighted by Gasteiger charge is 2.08. The van der Waals surface area contributed by atoms with Gasteiger partial charge in [-0.25, -0.2) is 13.4 Å². The highest BCUT2D eigenvalue weighted by Crippen LogP contribution is 1.94. The monoisotopic (exact) mass is 203 g/mol. The third-order valence-corrected chi connectivity index (χ3v) is 3.45. The summed E-state index contributed by atoms with van der Waals surface area (Å²) in [6.45, 7) is 2.25. The molecule has 0 aliphatic rings. The van der Waals surface area contributed by atoms with Crippen LogP contribution in [-0.4, -0.2) is 34.7 Å². The second kappa shape index (κ2) is 4.36. The molecule has 0 spiro atoms. The molecule has 0 unspecified atom stereocenters. The first-order chi connectivity index (χ1) is 6.14. The molecular formula is C7H13N3O2S. The molecule has 0 atom stereocenters. The quantitative estimate of drug-likeness (QED) is 0.681. The summed E-state index contributed by atoms with van der Waals surface area (Å²) in [4.78, 5) is 3.73. The standard InChI is InChI=1S/C7H13N3O2S/c1-2-4-13(11,12)5-3-10-7-8-6-9-10/h6-7H,2-5H2,1H3. The Balaban J connectivity index is 2.43. The SMILES string of the molecule is CCCS(=O)(=O)CCn1cncn1. The van der Waals surface area contributed by atoms with Gasteiger partial charge in [-0.2, -0.15) is 5.10 Å². The summed E-state index contributed by atoms with van der Waals surface area (Å²) < 4.78 is 24.0. The van der Waals surface area contributed by atoms with Gasteiger partial charge in [0.05, 0.1) is 12.3 Å². The van der Waals surface area contributed by atoms with Crippen LogP contribution in [0.4, 0.5) is 0 Å². The zero-order valence-electron chi connectivity index (χ0n) is 7.55. The molecule has 0 N–H and O–H groups in total. The Hall–Kier alpha value is -0.910. The van der Waals surface area contributed by atoms with Gasteiger partial charge in [0.15, 0.2) is 9.84 Å². The average molecular weight is 203 g/mol. The van der Waals surface area contributed by atoms with Crippen molar-refractivity contribution in [3.05, 3.63) is 12.7 Å². The van der Waals surface area contributed by atoms with Crippen molar-refractivity contribution in [3.8, 4) is 0 Å². The molecule has 0 aromatic carbocycles. The molecule has 1 rings (SSSR count). The first kappa shape index (κ1) is 10.2. The maximum absolute atomic E-state index is 11.3. The molecule has 74 valence electrons. The number of sulfone groups is 1. The van der Waals surface area contributed by atoms with Crippen LogP contribution in [0.5, 0.6) is 0 Å². The molecule has 1 aromatic heterocycles. The summed E-state index contributed by atoms with van der Waals surface area (Å²) in [5.41, 5.74) is 0. The molecule has 0 fully saturated rings. The lowest BCUT2D eigenvalue weighted by Crippen LogP contribution is -2.15. The summed E-state index contributed by atoms with van der Waals surface area (Å²) in [5.74, 6) is 0.395. The normalized spacial score (nSPS) is 11.8. The van der Waals surface area contributed by atoms with Crippen LogP contribution in [0.25, 0.3) is 0 Å². The van der Waals surface area contributed by atoms with Crippen molar-refractivity contribution in [3.63, 3.8) is 0 Å². The molecule has 6 heteroatoms. The fraction of sp³-hybridized carbons (Fsp3) is 0.714. The van der Waals surface area contributed by atoms with Gasteiger partial charge in [-0.15, -0.1) is 0 Å². The van der Waals surface area contributed by atoms with E-state index < -0.39 is 9.84 Å². The van der Waals surface area contributed by atoms with Gasteiger partial charge in [0, 0.05) is 5.75 Å². The molecular weight excluding hydrogens is 190 g/mol. The number of aromatic nitrogens is 3. The third-order valence-electron chi connectivity index (χ3n) is 1.61. The van der Waals surface area contributed by atoms with E-state index in [1.165, 1.54) is 17.3 Å². The van der Waals surface area contributed by atoms with Gasteiger partial charge < -0.3 is 0 Å². The van der Waals surface area contributed by atoms with Gasteiger partial charge in [0.2, 0.25) is 0 Å². The van der Waals surface area contributed by atoms with Crippen LogP contribution >= 0.6 is 0 Å². The topological polar surface area (TPSA) is 64.8 Å². The number of nitrogens with zero attached hydrogens (tertiary/aromatic N) is 3. The molecule has 1 aromatic rings. The van der Waals surface area contributed by atoms with Gasteiger partial charge in [0.25, 0.3) is 0 Å². The lowest BCUT2D eigenvalue weighted by Gasteiger charge is -2.01. The van der Waals surface area contributed by atoms with Crippen LogP contribution in [-0.2, 0) is 16.4 Å². The number of hydrogen-bond acceptors (Lipinski definition) is 4. The molecule has 0 bridgehead atoms. The third kappa shape index (κ3) is 3.54. The van der Waals surface area contributed by atoms with E-state index in [4.69, 9.17) is 0 Å². The van der Waals surface area contributed by atoms with Crippen molar-refractivity contribution in [2.75, 3.05) is 11.5 Å². The summed E-state index contributed by atoms with van der Waals surface area (Å²) in [7, 11) is -2.90. The molecule has 13 heavy (non-hydrogen) atoms. The molecule has 1 heterocycles. The molecule has 0 aliphatic carbocycles. The minimum atomic E-state index is -2.90. The summed E-state index contributed by atoms with van der Waals surface area (Å²) in [5, 5.41) is 3.82. The largest absolute Gasteiger partial charge is 0.252 e. The van der Waals surface area contributed by atoms with Crippen LogP contribution in [0.3, 0.4) is 0 Å². The predicted molar refractivity (Wildman–Crippen MR) is 49.0 cm³/mol. The van der Waals surface area contributed by atoms with Crippen molar-refractivity contribution in [1.82, 2.24) is 14.8 Å². The van der Waals surface area contributed by atoms with E-state index in [-0.39, 0.29) is 11.5 Å². The van der Waals surface area contributed by atoms with Gasteiger partial charge >= 0.3 is 0 Å². The van der Waals surface area contributed by atoms with Crippen molar-refractivity contribution < 1.29 is 8.42 Å². The van der Waals surface area contributed by atoms with Crippen molar-refractivity contribution in [1.29, 1.82) is 0 Å². The first-order valence-corrected chi connectivity index (χ1v) is 5.99. The molecule has 0 radical (unpaired) electrons. The van der Waals surface area contributed by atoms with E-state index in [1.807, 2.05) is 6.92 Å². The second-order valence-corrected chi connectivity index (χ2v) is 5.11. The highest BCUT2D eigenvalue weighted by atomic mass is 32.2. The maximum atomic E-state index is 11.3. The Morgan fingerprint density at radius 1 is 1.38 bits per heavy atom. The fourth-order valence-electron chi connectivity index (χ4n) is 0.994. The molecule has 0 saturated carbocycles. The zero-order chi connectivity index (χ0) is 9.73. The van der Waals surface area contributed by atoms with Crippen molar-refractivity contribution in [2.24, 2.45) is 0 Å². The van der Waals surface area contributed by atoms with Gasteiger partial charge in [-0.3, -0.25) is 4.68 Å². The molecule has 0 aliphatic heterocycles. The lowest BCUT2D eigenvalue weighted by molar-refractivity contribution is 0.579. The van der Waals surface area contributed by atoms with Gasteiger partial charge in [-0.05, 0) is 6.42 Å². The van der Waals surface area contributed by atoms with Crippen LogP contribution in [0.2, 0.25) is 0 Å². The molecule has 0 amide bonds. The average Bonchev–Trinajstić information content (AvgIpc) is 2.52. The Kier molecular flexibility index (Phi) is 3.41. The van der Waals surface area contributed by atoms with E-state index in [0.29, 0.717) is 13.0 Å². The number of rotatable bonds is 5. The van der Waals surface area contributed by atoms with Gasteiger partial charge in [-0.1, -0.05) is 6.92 Å². The van der Waals surface area contributed by atoms with E-state index in [0.717, 1.165) is 0 Å². The minimum absolute atomic E-state index is 0.143. The number of hydrogen-bond donors (Lipinski definition) is 0. The lowest BCUT2D eigenvalue weighted by atomic mass is 10.6. The van der Waals surface area contributed by atoms with Crippen LogP contribution in [0.1, 0.15) is 13.3 Å². The van der Waals surface area contributed by atoms with E-state index in [1.54, 1.807) is 0 Å². The van der Waals surface area contributed by atoms with Crippen LogP contribution in [0.15, 0.2) is 12.7 Å². The van der Waals surface area contributed by atoms with E-state index in [2.05, 4.69) is 10.1 Å². The minimum Gasteiger partial charge on any atom is -0.252 e. The Bertz CT molecular complexity index is 331. The zero-order valence-corrected chi connectivity index (χ0v) is 8.37. The Morgan fingerprint density at radius 3 is 2.69 bits per heavy atom. The Morgan fingerprint density at radius 2 is 2.15 bits per heavy atom. The second-order valence-electron chi connectivity index (χ2n) is 2.81. The highest BCUT2D eigenvalue weighted by molar-refractivity contribution is 7.91. The van der Waals surface area contributed by atoms with E-state index >= 15 is 0 Å². The smallest absolute Gasteiger partial charge is 0.152 e. The maximum Gasteiger partial charge on any atom is 0.152 e. The van der Waals surface area contributed by atoms with Crippen LogP contribution < -0.4 is 0 Å². The number of aryl methyl sites for hydroxylation is 1. The summed E-state index contributed by atoms with van der Waals surface area (Å²) in [6, 6.07) is 0. The fourth-order valence-corrected chi connectivity index (χ4v) is 2.29. The summed E-state index contributed by atoms with van der Waals surface area (Å²) in [6.07, 6.45) is 3.58. The van der Waals surface area contributed by atoms with Crippen molar-refractivity contribution in [2.45, 2.75) is 19.9 Å². The predicted octanol–water partition coefficient (Wildman–Crippen LogP) is 0.103. The van der Waals surface area contributed by atoms with Crippen molar-refractivity contribution >= 4 is 9.84 Å². The first-order valence-electron chi connectivity index (χ1n) is 4.17.